The molecule has 0 spiro atoms. The number of fused-ring (bicyclic) bond motifs is 2. The van der Waals surface area contributed by atoms with E-state index in [4.69, 9.17) is 0 Å². The van der Waals surface area contributed by atoms with E-state index in [1.807, 2.05) is 64.2 Å². The van der Waals surface area contributed by atoms with E-state index in [0.717, 1.165) is 45.9 Å². The van der Waals surface area contributed by atoms with Crippen molar-refractivity contribution in [3.05, 3.63) is 106 Å². The zero-order valence-corrected chi connectivity index (χ0v) is 19.8. The first-order chi connectivity index (χ1) is 17.6. The molecule has 182 valence electrons. The van der Waals surface area contributed by atoms with Crippen LogP contribution in [-0.4, -0.2) is 38.4 Å². The van der Waals surface area contributed by atoms with E-state index in [2.05, 4.69) is 9.97 Å². The van der Waals surface area contributed by atoms with Gasteiger partial charge in [0.2, 0.25) is 5.91 Å². The van der Waals surface area contributed by atoms with Crippen LogP contribution in [0.4, 0.5) is 4.39 Å². The number of hydrogen-bond acceptors (Lipinski definition) is 2. The fourth-order valence-electron chi connectivity index (χ4n) is 5.60. The maximum absolute atomic E-state index is 13.7. The summed E-state index contributed by atoms with van der Waals surface area (Å²) < 4.78 is 15.5. The summed E-state index contributed by atoms with van der Waals surface area (Å²) >= 11 is 0. The molecule has 5 aromatic rings. The number of carbonyl (C=O) groups excluding carboxylic acids is 1. The second-order valence-corrected chi connectivity index (χ2v) is 9.53. The fraction of sp³-hybridized carbons (Fsp3) is 0.241. The normalized spacial score (nSPS) is 15.5. The molecule has 3 aromatic carbocycles. The highest BCUT2D eigenvalue weighted by Gasteiger charge is 2.29. The van der Waals surface area contributed by atoms with Crippen LogP contribution in [0, 0.1) is 5.82 Å². The van der Waals surface area contributed by atoms with Gasteiger partial charge in [-0.1, -0.05) is 42.5 Å². The molecule has 0 radical (unpaired) electrons. The minimum absolute atomic E-state index is 0.0548. The van der Waals surface area contributed by atoms with Gasteiger partial charge in [0.25, 0.3) is 0 Å². The molecular formula is C29H27FN4O2. The highest BCUT2D eigenvalue weighted by Crippen LogP contribution is 2.35. The third kappa shape index (κ3) is 4.00. The lowest BCUT2D eigenvalue weighted by Crippen LogP contribution is -2.41. The number of para-hydroxylation sites is 3. The van der Waals surface area contributed by atoms with Gasteiger partial charge in [0.1, 0.15) is 5.82 Å². The molecule has 0 aliphatic carbocycles. The number of likely N-dealkylation sites (tertiary alicyclic amines) is 1. The fourth-order valence-corrected chi connectivity index (χ4v) is 5.60. The Morgan fingerprint density at radius 3 is 2.42 bits per heavy atom. The molecule has 6 nitrogen and oxygen atoms in total. The van der Waals surface area contributed by atoms with E-state index in [1.54, 1.807) is 12.1 Å². The minimum atomic E-state index is -0.294. The molecule has 0 bridgehead atoms. The molecule has 7 heteroatoms. The molecule has 0 saturated carbocycles. The average Bonchev–Trinajstić information content (AvgIpc) is 3.48. The SMILES string of the molecule is O=C(CC(c1ccc(F)cc1)c1c[nH]c2ccccc12)N1CCC(n2c(=O)[nH]c3ccccc32)CC1. The molecular weight excluding hydrogens is 455 g/mol. The summed E-state index contributed by atoms with van der Waals surface area (Å²) in [6.45, 7) is 1.19. The number of aromatic nitrogens is 3. The maximum atomic E-state index is 13.7. The molecule has 2 N–H and O–H groups in total. The van der Waals surface area contributed by atoms with E-state index < -0.39 is 0 Å². The van der Waals surface area contributed by atoms with Crippen molar-refractivity contribution in [1.82, 2.24) is 19.4 Å². The van der Waals surface area contributed by atoms with Crippen LogP contribution in [0.5, 0.6) is 0 Å². The topological polar surface area (TPSA) is 73.9 Å². The van der Waals surface area contributed by atoms with Gasteiger partial charge in [-0.3, -0.25) is 9.36 Å². The van der Waals surface area contributed by atoms with Crippen LogP contribution in [0.25, 0.3) is 21.9 Å². The van der Waals surface area contributed by atoms with E-state index >= 15 is 0 Å². The summed E-state index contributed by atoms with van der Waals surface area (Å²) in [4.78, 5) is 34.3. The summed E-state index contributed by atoms with van der Waals surface area (Å²) in [6.07, 6.45) is 3.70. The number of aromatic amines is 2. The summed E-state index contributed by atoms with van der Waals surface area (Å²) in [5.41, 5.74) is 4.60. The lowest BCUT2D eigenvalue weighted by molar-refractivity contribution is -0.132. The molecule has 1 aliphatic rings. The molecule has 2 aromatic heterocycles. The van der Waals surface area contributed by atoms with Gasteiger partial charge in [-0.15, -0.1) is 0 Å². The third-order valence-electron chi connectivity index (χ3n) is 7.45. The Balaban J connectivity index is 1.23. The molecule has 1 amide bonds. The molecule has 1 saturated heterocycles. The van der Waals surface area contributed by atoms with E-state index in [9.17, 15) is 14.0 Å². The zero-order valence-electron chi connectivity index (χ0n) is 19.8. The van der Waals surface area contributed by atoms with Crippen LogP contribution in [0.15, 0.2) is 83.8 Å². The number of rotatable bonds is 5. The number of nitrogens with zero attached hydrogens (tertiary/aromatic N) is 2. The minimum Gasteiger partial charge on any atom is -0.361 e. The predicted octanol–water partition coefficient (Wildman–Crippen LogP) is 5.34. The van der Waals surface area contributed by atoms with Gasteiger partial charge >= 0.3 is 5.69 Å². The van der Waals surface area contributed by atoms with Gasteiger partial charge in [-0.25, -0.2) is 9.18 Å². The van der Waals surface area contributed by atoms with Crippen molar-refractivity contribution < 1.29 is 9.18 Å². The first kappa shape index (κ1) is 22.3. The van der Waals surface area contributed by atoms with Crippen LogP contribution in [0.1, 0.15) is 42.3 Å². The first-order valence-electron chi connectivity index (χ1n) is 12.4. The number of amides is 1. The molecule has 1 fully saturated rings. The van der Waals surface area contributed by atoms with Crippen LogP contribution >= 0.6 is 0 Å². The quantitative estimate of drug-likeness (QED) is 0.355. The van der Waals surface area contributed by atoms with Crippen LogP contribution in [0.2, 0.25) is 0 Å². The number of benzene rings is 3. The monoisotopic (exact) mass is 482 g/mol. The highest BCUT2D eigenvalue weighted by molar-refractivity contribution is 5.86. The van der Waals surface area contributed by atoms with Crippen molar-refractivity contribution in [3.8, 4) is 0 Å². The standard InChI is InChI=1S/C29H27FN4O2/c30-20-11-9-19(10-12-20)23(24-18-31-25-6-2-1-5-22(24)25)17-28(35)33-15-13-21(14-16-33)34-27-8-4-3-7-26(27)32-29(34)36/h1-12,18,21,23,31H,13-17H2,(H,32,36). The summed E-state index contributed by atoms with van der Waals surface area (Å²) in [6, 6.07) is 22.2. The van der Waals surface area contributed by atoms with Crippen molar-refractivity contribution in [2.45, 2.75) is 31.2 Å². The van der Waals surface area contributed by atoms with E-state index in [1.165, 1.54) is 12.1 Å². The van der Waals surface area contributed by atoms with Crippen molar-refractivity contribution in [2.24, 2.45) is 0 Å². The Kier molecular flexibility index (Phi) is 5.68. The number of piperidine rings is 1. The van der Waals surface area contributed by atoms with Crippen LogP contribution < -0.4 is 5.69 Å². The van der Waals surface area contributed by atoms with E-state index in [0.29, 0.717) is 19.5 Å². The zero-order chi connectivity index (χ0) is 24.6. The Labute approximate surface area is 207 Å². The third-order valence-corrected chi connectivity index (χ3v) is 7.45. The number of imidazole rings is 1. The van der Waals surface area contributed by atoms with Crippen molar-refractivity contribution >= 4 is 27.8 Å². The number of nitrogens with one attached hydrogen (secondary N) is 2. The molecule has 36 heavy (non-hydrogen) atoms. The largest absolute Gasteiger partial charge is 0.361 e. The van der Waals surface area contributed by atoms with Gasteiger partial charge in [0.15, 0.2) is 0 Å². The van der Waals surface area contributed by atoms with Gasteiger partial charge < -0.3 is 14.9 Å². The molecule has 1 atom stereocenters. The maximum Gasteiger partial charge on any atom is 0.326 e. The predicted molar refractivity (Wildman–Crippen MR) is 139 cm³/mol. The average molecular weight is 483 g/mol. The lowest BCUT2D eigenvalue weighted by Gasteiger charge is -2.33. The van der Waals surface area contributed by atoms with E-state index in [-0.39, 0.29) is 29.4 Å². The second kappa shape index (κ2) is 9.15. The Hall–Kier alpha value is -4.13. The molecule has 3 heterocycles. The second-order valence-electron chi connectivity index (χ2n) is 9.53. The molecule has 1 aliphatic heterocycles. The number of hydrogen-bond donors (Lipinski definition) is 2. The number of halogens is 1. The summed E-state index contributed by atoms with van der Waals surface area (Å²) in [7, 11) is 0. The Morgan fingerprint density at radius 1 is 0.944 bits per heavy atom. The van der Waals surface area contributed by atoms with Gasteiger partial charge in [-0.2, -0.15) is 0 Å². The van der Waals surface area contributed by atoms with Gasteiger partial charge in [0.05, 0.1) is 11.0 Å². The first-order valence-corrected chi connectivity index (χ1v) is 12.4. The molecule has 1 unspecified atom stereocenters. The lowest BCUT2D eigenvalue weighted by atomic mass is 9.87. The number of H-pyrrole nitrogens is 2. The Bertz CT molecular complexity index is 1590. The summed E-state index contributed by atoms with van der Waals surface area (Å²) in [5.74, 6) is -0.417. The number of carbonyl (C=O) groups is 1. The van der Waals surface area contributed by atoms with Crippen molar-refractivity contribution in [3.63, 3.8) is 0 Å². The van der Waals surface area contributed by atoms with Gasteiger partial charge in [-0.05, 0) is 54.3 Å². The summed E-state index contributed by atoms with van der Waals surface area (Å²) in [5, 5.41) is 1.07. The smallest absolute Gasteiger partial charge is 0.326 e. The van der Waals surface area contributed by atoms with Crippen molar-refractivity contribution in [1.29, 1.82) is 0 Å². The highest BCUT2D eigenvalue weighted by atomic mass is 19.1. The molecule has 6 rings (SSSR count). The van der Waals surface area contributed by atoms with Crippen molar-refractivity contribution in [2.75, 3.05) is 13.1 Å². The van der Waals surface area contributed by atoms with Crippen LogP contribution in [-0.2, 0) is 4.79 Å². The van der Waals surface area contributed by atoms with Crippen LogP contribution in [0.3, 0.4) is 0 Å². The Morgan fingerprint density at radius 2 is 1.64 bits per heavy atom. The van der Waals surface area contributed by atoms with Gasteiger partial charge in [0, 0.05) is 48.6 Å².